The van der Waals surface area contributed by atoms with Gasteiger partial charge in [0.1, 0.15) is 0 Å². The summed E-state index contributed by atoms with van der Waals surface area (Å²) in [6.07, 6.45) is 4.78. The number of alkyl halides is 3. The molecule has 4 heterocycles. The highest BCUT2D eigenvalue weighted by molar-refractivity contribution is 6.00. The molecule has 0 spiro atoms. The van der Waals surface area contributed by atoms with Crippen molar-refractivity contribution in [3.8, 4) is 22.3 Å². The number of carbonyl (C=O) groups excluding carboxylic acids is 5. The van der Waals surface area contributed by atoms with Gasteiger partial charge in [0.05, 0.1) is 49.6 Å². The van der Waals surface area contributed by atoms with E-state index in [0.29, 0.717) is 30.9 Å². The van der Waals surface area contributed by atoms with Gasteiger partial charge in [0.25, 0.3) is 0 Å². The Hall–Kier alpha value is -8.64. The Labute approximate surface area is 450 Å². The van der Waals surface area contributed by atoms with Crippen molar-refractivity contribution in [3.05, 3.63) is 168 Å². The summed E-state index contributed by atoms with van der Waals surface area (Å²) in [4.78, 5) is 70.2. The van der Waals surface area contributed by atoms with E-state index in [1.165, 1.54) is 12.1 Å². The summed E-state index contributed by atoms with van der Waals surface area (Å²) in [7, 11) is 3.83. The Morgan fingerprint density at radius 1 is 0.538 bits per heavy atom. The van der Waals surface area contributed by atoms with Gasteiger partial charge in [-0.25, -0.2) is 9.59 Å². The second-order valence-corrected chi connectivity index (χ2v) is 19.6. The SMILES string of the molecule is Cn1ncc2ccc(-c3cccc(N(Cc4ccc(C(=O)CN)cc4)C(=O)N4CCCCC4)c3)cc21.Cn1ncc2ccc(-c3cccc(N(Cc4ccc(C(=O)CNC(=O)C(F)(F)F)cc4)C(=O)N4CCCCC4)c3)cc21. The van der Waals surface area contributed by atoms with Crippen molar-refractivity contribution >= 4 is 62.7 Å². The number of hydrogen-bond donors (Lipinski definition) is 2. The first-order valence-corrected chi connectivity index (χ1v) is 26.1. The predicted octanol–water partition coefficient (Wildman–Crippen LogP) is 10.7. The standard InChI is InChI=1S/C31H30F3N5O3.C29H31N5O2/c1-37-27-17-24(12-13-25(27)18-36-37)23-6-5-7-26(16-23)39(30(42)38-14-3-2-4-15-38)20-21-8-10-22(11-9-21)28(40)19-35-29(41)31(32,33)34;1-32-27-17-24(12-13-25(27)19-31-32)23-6-5-7-26(16-23)34(29(36)33-14-3-2-4-15-33)20-21-8-10-22(11-9-21)28(35)18-30/h5-13,16-18H,2-4,14-15,19-20H2,1H3,(H,35,41);5-13,16-17,19H,2-4,14-15,18,20,30H2,1H3. The topological polar surface area (TPSA) is 172 Å². The Morgan fingerprint density at radius 2 is 0.949 bits per heavy atom. The van der Waals surface area contributed by atoms with Gasteiger partial charge in [-0.1, -0.05) is 97.1 Å². The van der Waals surface area contributed by atoms with E-state index < -0.39 is 24.4 Å². The molecule has 0 atom stereocenters. The normalized spacial score (nSPS) is 13.7. The number of nitrogens with zero attached hydrogens (tertiary/aromatic N) is 8. The zero-order valence-corrected chi connectivity index (χ0v) is 43.6. The third-order valence-corrected chi connectivity index (χ3v) is 14.3. The van der Waals surface area contributed by atoms with Crippen LogP contribution in [0.1, 0.15) is 70.4 Å². The number of urea groups is 2. The van der Waals surface area contributed by atoms with E-state index in [9.17, 15) is 37.1 Å². The number of hydrogen-bond acceptors (Lipinski definition) is 8. The number of benzene rings is 6. The first-order chi connectivity index (χ1) is 37.6. The number of nitrogens with one attached hydrogen (secondary N) is 1. The molecule has 0 radical (unpaired) electrons. The minimum Gasteiger partial charge on any atom is -0.341 e. The van der Waals surface area contributed by atoms with Crippen LogP contribution in [0.2, 0.25) is 0 Å². The molecule has 0 bridgehead atoms. The molecule has 2 aliphatic rings. The number of anilines is 2. The smallest absolute Gasteiger partial charge is 0.341 e. The molecule has 2 saturated heterocycles. The fourth-order valence-corrected chi connectivity index (χ4v) is 9.84. The Kier molecular flexibility index (Phi) is 16.8. The molecule has 2 aromatic heterocycles. The molecule has 2 fully saturated rings. The highest BCUT2D eigenvalue weighted by atomic mass is 19.4. The van der Waals surface area contributed by atoms with Crippen molar-refractivity contribution in [3.63, 3.8) is 0 Å². The van der Waals surface area contributed by atoms with Crippen molar-refractivity contribution in [2.45, 2.75) is 57.8 Å². The lowest BCUT2D eigenvalue weighted by molar-refractivity contribution is -0.173. The van der Waals surface area contributed by atoms with Gasteiger partial charge in [-0.2, -0.15) is 23.4 Å². The van der Waals surface area contributed by atoms with E-state index in [1.807, 2.05) is 111 Å². The maximum atomic E-state index is 13.8. The van der Waals surface area contributed by atoms with Gasteiger partial charge < -0.3 is 20.9 Å². The number of ketones is 2. The molecule has 5 amide bonds. The lowest BCUT2D eigenvalue weighted by atomic mass is 10.0. The molecule has 2 aliphatic heterocycles. The van der Waals surface area contributed by atoms with Gasteiger partial charge in [-0.15, -0.1) is 0 Å². The summed E-state index contributed by atoms with van der Waals surface area (Å²) < 4.78 is 41.0. The molecule has 6 aromatic carbocycles. The number of likely N-dealkylation sites (tertiary alicyclic amines) is 2. The van der Waals surface area contributed by atoms with E-state index in [0.717, 1.165) is 112 Å². The molecular formula is C60H61F3N10O5. The second kappa shape index (κ2) is 24.1. The van der Waals surface area contributed by atoms with Crippen molar-refractivity contribution in [1.82, 2.24) is 34.7 Å². The third-order valence-electron chi connectivity index (χ3n) is 14.3. The first kappa shape index (κ1) is 54.2. The minimum atomic E-state index is -5.06. The Balaban J connectivity index is 0.000000192. The van der Waals surface area contributed by atoms with Gasteiger partial charge in [-0.05, 0) is 108 Å². The average Bonchev–Trinajstić information content (AvgIpc) is 4.09. The van der Waals surface area contributed by atoms with E-state index in [4.69, 9.17) is 5.73 Å². The summed E-state index contributed by atoms with van der Waals surface area (Å²) in [5.41, 5.74) is 15.6. The maximum Gasteiger partial charge on any atom is 0.471 e. The van der Waals surface area contributed by atoms with Gasteiger partial charge >= 0.3 is 24.1 Å². The molecule has 8 aromatic rings. The third kappa shape index (κ3) is 12.8. The molecule has 3 N–H and O–H groups in total. The van der Waals surface area contributed by atoms with Crippen LogP contribution >= 0.6 is 0 Å². The number of piperidine rings is 2. The van der Waals surface area contributed by atoms with Crippen molar-refractivity contribution in [2.24, 2.45) is 19.8 Å². The number of amides is 5. The van der Waals surface area contributed by atoms with Crippen LogP contribution in [0.5, 0.6) is 0 Å². The molecule has 402 valence electrons. The zero-order valence-electron chi connectivity index (χ0n) is 43.6. The van der Waals surface area contributed by atoms with Crippen LogP contribution < -0.4 is 20.9 Å². The minimum absolute atomic E-state index is 0.0102. The van der Waals surface area contributed by atoms with Crippen LogP contribution in [0.3, 0.4) is 0 Å². The number of aryl methyl sites for hydroxylation is 2. The number of carbonyl (C=O) groups is 5. The van der Waals surface area contributed by atoms with Crippen LogP contribution in [-0.4, -0.2) is 104 Å². The number of halogens is 3. The van der Waals surface area contributed by atoms with E-state index in [1.54, 1.807) is 34.5 Å². The highest BCUT2D eigenvalue weighted by Crippen LogP contribution is 2.32. The van der Waals surface area contributed by atoms with Crippen LogP contribution in [0.4, 0.5) is 34.1 Å². The monoisotopic (exact) mass is 1060 g/mol. The molecular weight excluding hydrogens is 998 g/mol. The summed E-state index contributed by atoms with van der Waals surface area (Å²) in [6, 6.07) is 41.8. The first-order valence-electron chi connectivity index (χ1n) is 26.1. The second-order valence-electron chi connectivity index (χ2n) is 19.6. The van der Waals surface area contributed by atoms with Gasteiger partial charge in [0.15, 0.2) is 11.6 Å². The van der Waals surface area contributed by atoms with E-state index >= 15 is 0 Å². The fraction of sp³-hybridized carbons (Fsp3) is 0.283. The van der Waals surface area contributed by atoms with Crippen LogP contribution in [0, 0.1) is 0 Å². The quantitative estimate of drug-likeness (QED) is 0.107. The van der Waals surface area contributed by atoms with Crippen LogP contribution in [0.15, 0.2) is 146 Å². The summed E-state index contributed by atoms with van der Waals surface area (Å²) >= 11 is 0. The van der Waals surface area contributed by atoms with Gasteiger partial charge in [-0.3, -0.25) is 33.5 Å². The van der Waals surface area contributed by atoms with Crippen molar-refractivity contribution in [2.75, 3.05) is 49.1 Å². The van der Waals surface area contributed by atoms with E-state index in [2.05, 4.69) is 46.6 Å². The largest absolute Gasteiger partial charge is 0.471 e. The molecule has 15 nitrogen and oxygen atoms in total. The number of aromatic nitrogens is 4. The Morgan fingerprint density at radius 3 is 1.36 bits per heavy atom. The number of Topliss-reactive ketones (excluding diaryl/α,β-unsaturated/α-hetero) is 2. The van der Waals surface area contributed by atoms with Gasteiger partial charge in [0, 0.05) is 73.5 Å². The highest BCUT2D eigenvalue weighted by Gasteiger charge is 2.38. The fourth-order valence-electron chi connectivity index (χ4n) is 9.84. The molecule has 10 rings (SSSR count). The molecule has 18 heteroatoms. The lowest BCUT2D eigenvalue weighted by Crippen LogP contribution is -2.45. The van der Waals surface area contributed by atoms with Crippen LogP contribution in [0.25, 0.3) is 44.1 Å². The molecule has 0 unspecified atom stereocenters. The number of fused-ring (bicyclic) bond motifs is 2. The number of nitrogens with two attached hydrogens (primary N) is 1. The Bertz CT molecular complexity index is 3450. The number of rotatable bonds is 13. The van der Waals surface area contributed by atoms with Crippen molar-refractivity contribution in [1.29, 1.82) is 0 Å². The molecule has 78 heavy (non-hydrogen) atoms. The van der Waals surface area contributed by atoms with E-state index in [-0.39, 0.29) is 36.5 Å². The predicted molar refractivity (Wildman–Crippen MR) is 296 cm³/mol. The molecule has 0 aliphatic carbocycles. The summed E-state index contributed by atoms with van der Waals surface area (Å²) in [5, 5.41) is 12.4. The van der Waals surface area contributed by atoms with Crippen molar-refractivity contribution < 1.29 is 37.1 Å². The van der Waals surface area contributed by atoms with Gasteiger partial charge in [0.2, 0.25) is 0 Å². The average molecular weight is 1060 g/mol. The maximum absolute atomic E-state index is 13.8. The molecule has 0 saturated carbocycles. The summed E-state index contributed by atoms with van der Waals surface area (Å²) in [6.45, 7) is 2.74. The summed E-state index contributed by atoms with van der Waals surface area (Å²) in [5.74, 6) is -2.92. The zero-order chi connectivity index (χ0) is 54.9. The lowest BCUT2D eigenvalue weighted by Gasteiger charge is -2.33. The van der Waals surface area contributed by atoms with Crippen LogP contribution in [-0.2, 0) is 32.0 Å².